The van der Waals surface area contributed by atoms with Gasteiger partial charge in [0.1, 0.15) is 0 Å². The van der Waals surface area contributed by atoms with Gasteiger partial charge in [-0.05, 0) is 12.8 Å². The van der Waals surface area contributed by atoms with Gasteiger partial charge in [0.15, 0.2) is 0 Å². The van der Waals surface area contributed by atoms with Crippen LogP contribution in [0.5, 0.6) is 0 Å². The molecule has 0 bridgehead atoms. The Morgan fingerprint density at radius 1 is 1.47 bits per heavy atom. The van der Waals surface area contributed by atoms with Gasteiger partial charge in [0, 0.05) is 19.0 Å². The first-order chi connectivity index (χ1) is 6.92. The summed E-state index contributed by atoms with van der Waals surface area (Å²) in [4.78, 5) is 12.1. The van der Waals surface area contributed by atoms with E-state index >= 15 is 0 Å². The Labute approximate surface area is 85.6 Å². The Morgan fingerprint density at radius 2 is 2.07 bits per heavy atom. The van der Waals surface area contributed by atoms with E-state index in [0.717, 1.165) is 12.8 Å². The van der Waals surface area contributed by atoms with Gasteiger partial charge in [-0.25, -0.2) is 5.84 Å². The number of nitrogens with one attached hydrogen (secondary N) is 1. The lowest BCUT2D eigenvalue weighted by molar-refractivity contribution is -0.148. The number of carbonyl (C=O) groups excluding carboxylic acids is 1. The van der Waals surface area contributed by atoms with Crippen LogP contribution in [0.2, 0.25) is 0 Å². The number of amides is 1. The summed E-state index contributed by atoms with van der Waals surface area (Å²) in [5.41, 5.74) is 1.90. The molecule has 0 saturated heterocycles. The molecule has 4 nitrogen and oxygen atoms in total. The van der Waals surface area contributed by atoms with Crippen molar-refractivity contribution in [1.82, 2.24) is 10.3 Å². The highest BCUT2D eigenvalue weighted by atomic mass is 19.4. The van der Waals surface area contributed by atoms with Crippen molar-refractivity contribution in [3.05, 3.63) is 0 Å². The number of hydrogen-bond acceptors (Lipinski definition) is 3. The zero-order valence-electron chi connectivity index (χ0n) is 8.18. The maximum Gasteiger partial charge on any atom is 0.401 e. The highest BCUT2D eigenvalue weighted by Crippen LogP contribution is 2.29. The minimum Gasteiger partial charge on any atom is -0.294 e. The van der Waals surface area contributed by atoms with Crippen LogP contribution < -0.4 is 11.3 Å². The minimum atomic E-state index is -4.21. The monoisotopic (exact) mass is 225 g/mol. The molecular formula is C8H14F3N3O. The fraction of sp³-hybridized carbons (Fsp3) is 0.875. The maximum absolute atomic E-state index is 12.1. The molecule has 0 unspecified atom stereocenters. The second kappa shape index (κ2) is 4.80. The molecule has 1 aliphatic rings. The van der Waals surface area contributed by atoms with Gasteiger partial charge in [-0.3, -0.25) is 15.1 Å². The topological polar surface area (TPSA) is 58.4 Å². The lowest BCUT2D eigenvalue weighted by Gasteiger charge is -2.22. The molecule has 15 heavy (non-hydrogen) atoms. The van der Waals surface area contributed by atoms with Crippen molar-refractivity contribution < 1.29 is 18.0 Å². The predicted octanol–water partition coefficient (Wildman–Crippen LogP) is 0.393. The second-order valence-electron chi connectivity index (χ2n) is 3.63. The molecule has 7 heteroatoms. The third-order valence-corrected chi connectivity index (χ3v) is 2.23. The number of rotatable bonds is 5. The number of carbonyl (C=O) groups is 1. The molecule has 1 aliphatic carbocycles. The average molecular weight is 225 g/mol. The Bertz CT molecular complexity index is 228. The van der Waals surface area contributed by atoms with E-state index in [2.05, 4.69) is 0 Å². The summed E-state index contributed by atoms with van der Waals surface area (Å²) in [7, 11) is 0. The van der Waals surface area contributed by atoms with Crippen LogP contribution in [0.25, 0.3) is 0 Å². The summed E-state index contributed by atoms with van der Waals surface area (Å²) in [6.45, 7) is -0.845. The average Bonchev–Trinajstić information content (AvgIpc) is 2.92. The van der Waals surface area contributed by atoms with Crippen molar-refractivity contribution in [3.8, 4) is 0 Å². The predicted molar refractivity (Wildman–Crippen MR) is 47.6 cm³/mol. The molecule has 0 spiro atoms. The maximum atomic E-state index is 12.1. The number of alkyl halides is 3. The van der Waals surface area contributed by atoms with Gasteiger partial charge in [0.2, 0.25) is 5.91 Å². The highest BCUT2D eigenvalue weighted by Gasteiger charge is 2.37. The molecule has 0 heterocycles. The standard InChI is InChI=1S/C8H14F3N3O/c9-8(10,11)5-14(6-1-2-6)4-3-7(15)13-12/h6H,1-5,12H2,(H,13,15). The van der Waals surface area contributed by atoms with E-state index in [-0.39, 0.29) is 19.0 Å². The number of halogens is 3. The smallest absolute Gasteiger partial charge is 0.294 e. The van der Waals surface area contributed by atoms with Crippen LogP contribution in [0.3, 0.4) is 0 Å². The van der Waals surface area contributed by atoms with Crippen molar-refractivity contribution in [2.24, 2.45) is 5.84 Å². The molecule has 1 fully saturated rings. The Kier molecular flexibility index (Phi) is 3.92. The van der Waals surface area contributed by atoms with E-state index in [9.17, 15) is 18.0 Å². The zero-order chi connectivity index (χ0) is 11.5. The summed E-state index contributed by atoms with van der Waals surface area (Å²) < 4.78 is 36.4. The summed E-state index contributed by atoms with van der Waals surface area (Å²) in [5.74, 6) is 4.40. The molecule has 0 aliphatic heterocycles. The Hall–Kier alpha value is -0.820. The number of nitrogens with two attached hydrogens (primary N) is 1. The van der Waals surface area contributed by atoms with Gasteiger partial charge in [-0.2, -0.15) is 13.2 Å². The summed E-state index contributed by atoms with van der Waals surface area (Å²) in [5, 5.41) is 0. The van der Waals surface area contributed by atoms with Crippen LogP contribution >= 0.6 is 0 Å². The zero-order valence-corrected chi connectivity index (χ0v) is 8.18. The Balaban J connectivity index is 2.34. The van der Waals surface area contributed by atoms with E-state index in [4.69, 9.17) is 5.84 Å². The van der Waals surface area contributed by atoms with Gasteiger partial charge in [0.25, 0.3) is 0 Å². The molecule has 1 saturated carbocycles. The fourth-order valence-corrected chi connectivity index (χ4v) is 1.38. The SMILES string of the molecule is NNC(=O)CCN(CC(F)(F)F)C1CC1. The van der Waals surface area contributed by atoms with Gasteiger partial charge in [-0.15, -0.1) is 0 Å². The largest absolute Gasteiger partial charge is 0.401 e. The molecular weight excluding hydrogens is 211 g/mol. The normalized spacial score (nSPS) is 16.9. The molecule has 0 aromatic heterocycles. The van der Waals surface area contributed by atoms with Crippen molar-refractivity contribution in [3.63, 3.8) is 0 Å². The van der Waals surface area contributed by atoms with Crippen LogP contribution in [0, 0.1) is 0 Å². The van der Waals surface area contributed by atoms with Crippen LogP contribution in [-0.2, 0) is 4.79 Å². The lowest BCUT2D eigenvalue weighted by atomic mass is 10.3. The fourth-order valence-electron chi connectivity index (χ4n) is 1.38. The van der Waals surface area contributed by atoms with E-state index in [0.29, 0.717) is 0 Å². The van der Waals surface area contributed by atoms with E-state index in [1.54, 1.807) is 0 Å². The van der Waals surface area contributed by atoms with E-state index in [1.165, 1.54) is 4.90 Å². The molecule has 0 radical (unpaired) electrons. The first-order valence-corrected chi connectivity index (χ1v) is 4.72. The minimum absolute atomic E-state index is 0.00306. The number of nitrogens with zero attached hydrogens (tertiary/aromatic N) is 1. The van der Waals surface area contributed by atoms with E-state index in [1.807, 2.05) is 5.43 Å². The molecule has 1 rings (SSSR count). The van der Waals surface area contributed by atoms with Crippen molar-refractivity contribution in [2.45, 2.75) is 31.5 Å². The molecule has 0 aromatic rings. The van der Waals surface area contributed by atoms with Gasteiger partial charge in [-0.1, -0.05) is 0 Å². The number of hydrazine groups is 1. The lowest BCUT2D eigenvalue weighted by Crippen LogP contribution is -2.39. The first-order valence-electron chi connectivity index (χ1n) is 4.72. The molecule has 0 aromatic carbocycles. The third-order valence-electron chi connectivity index (χ3n) is 2.23. The van der Waals surface area contributed by atoms with Crippen molar-refractivity contribution in [1.29, 1.82) is 0 Å². The summed E-state index contributed by atoms with van der Waals surface area (Å²) >= 11 is 0. The van der Waals surface area contributed by atoms with Crippen molar-refractivity contribution in [2.75, 3.05) is 13.1 Å². The highest BCUT2D eigenvalue weighted by molar-refractivity contribution is 5.75. The molecule has 0 atom stereocenters. The van der Waals surface area contributed by atoms with Crippen LogP contribution in [-0.4, -0.2) is 36.1 Å². The van der Waals surface area contributed by atoms with Crippen LogP contribution in [0.1, 0.15) is 19.3 Å². The van der Waals surface area contributed by atoms with Crippen LogP contribution in [0.15, 0.2) is 0 Å². The van der Waals surface area contributed by atoms with Crippen molar-refractivity contribution >= 4 is 5.91 Å². The van der Waals surface area contributed by atoms with Gasteiger partial charge >= 0.3 is 6.18 Å². The Morgan fingerprint density at radius 3 is 2.47 bits per heavy atom. The summed E-state index contributed by atoms with van der Waals surface area (Å²) in [6, 6.07) is -0.0165. The summed E-state index contributed by atoms with van der Waals surface area (Å²) in [6.07, 6.45) is -2.65. The van der Waals surface area contributed by atoms with E-state index < -0.39 is 18.6 Å². The molecule has 88 valence electrons. The number of hydrogen-bond donors (Lipinski definition) is 2. The molecule has 3 N–H and O–H groups in total. The second-order valence-corrected chi connectivity index (χ2v) is 3.63. The quantitative estimate of drug-likeness (QED) is 0.404. The first kappa shape index (κ1) is 12.3. The van der Waals surface area contributed by atoms with Crippen LogP contribution in [0.4, 0.5) is 13.2 Å². The van der Waals surface area contributed by atoms with Gasteiger partial charge < -0.3 is 0 Å². The molecule has 1 amide bonds. The third kappa shape index (κ3) is 4.98. The van der Waals surface area contributed by atoms with Gasteiger partial charge in [0.05, 0.1) is 6.54 Å².